The van der Waals surface area contributed by atoms with Gasteiger partial charge in [-0.3, -0.25) is 9.59 Å². The second-order valence-corrected chi connectivity index (χ2v) is 7.29. The Morgan fingerprint density at radius 3 is 2.57 bits per heavy atom. The number of carbonyl (C=O) groups excluding carboxylic acids is 1. The fourth-order valence-corrected chi connectivity index (χ4v) is 4.08. The first kappa shape index (κ1) is 18.4. The summed E-state index contributed by atoms with van der Waals surface area (Å²) in [7, 11) is 0. The van der Waals surface area contributed by atoms with E-state index in [-0.39, 0.29) is 11.5 Å². The molecule has 0 unspecified atom stereocenters. The lowest BCUT2D eigenvalue weighted by molar-refractivity contribution is -0.125. The minimum absolute atomic E-state index is 0.0321. The van der Waals surface area contributed by atoms with Crippen molar-refractivity contribution in [3.8, 4) is 0 Å². The van der Waals surface area contributed by atoms with Crippen molar-refractivity contribution in [1.29, 1.82) is 0 Å². The van der Waals surface area contributed by atoms with Crippen LogP contribution in [0.2, 0.25) is 0 Å². The second-order valence-electron chi connectivity index (χ2n) is 7.29. The molecule has 3 aromatic rings. The van der Waals surface area contributed by atoms with Crippen molar-refractivity contribution < 1.29 is 9.53 Å². The number of H-pyrrole nitrogens is 1. The number of carbonyl (C=O) groups is 1. The van der Waals surface area contributed by atoms with Crippen LogP contribution in [0.5, 0.6) is 0 Å². The van der Waals surface area contributed by atoms with Crippen molar-refractivity contribution in [1.82, 2.24) is 4.98 Å². The van der Waals surface area contributed by atoms with Gasteiger partial charge in [-0.2, -0.15) is 0 Å². The number of ether oxygens (including phenoxy) is 1. The molecule has 0 spiro atoms. The van der Waals surface area contributed by atoms with E-state index in [0.29, 0.717) is 31.7 Å². The summed E-state index contributed by atoms with van der Waals surface area (Å²) in [6.07, 6.45) is 2.07. The van der Waals surface area contributed by atoms with E-state index in [9.17, 15) is 9.59 Å². The molecule has 0 saturated carbocycles. The lowest BCUT2D eigenvalue weighted by atomic mass is 9.73. The highest BCUT2D eigenvalue weighted by Gasteiger charge is 2.41. The third-order valence-corrected chi connectivity index (χ3v) is 5.67. The first-order valence-corrected chi connectivity index (χ1v) is 9.73. The molecule has 0 aliphatic carbocycles. The molecule has 5 heteroatoms. The summed E-state index contributed by atoms with van der Waals surface area (Å²) < 4.78 is 5.52. The highest BCUT2D eigenvalue weighted by molar-refractivity contribution is 6.00. The third-order valence-electron chi connectivity index (χ3n) is 5.67. The van der Waals surface area contributed by atoms with Crippen LogP contribution in [0.4, 0.5) is 5.69 Å². The van der Waals surface area contributed by atoms with Crippen molar-refractivity contribution in [2.75, 3.05) is 18.5 Å². The van der Waals surface area contributed by atoms with Crippen molar-refractivity contribution >= 4 is 22.5 Å². The maximum absolute atomic E-state index is 13.4. The van der Waals surface area contributed by atoms with Crippen molar-refractivity contribution in [2.24, 2.45) is 0 Å². The van der Waals surface area contributed by atoms with Gasteiger partial charge in [0.05, 0.1) is 10.9 Å². The predicted molar refractivity (Wildman–Crippen MR) is 111 cm³/mol. The van der Waals surface area contributed by atoms with Crippen LogP contribution in [0.15, 0.2) is 59.4 Å². The quantitative estimate of drug-likeness (QED) is 0.728. The average Bonchev–Trinajstić information content (AvgIpc) is 2.74. The van der Waals surface area contributed by atoms with Crippen molar-refractivity contribution in [2.45, 2.75) is 31.6 Å². The van der Waals surface area contributed by atoms with Crippen LogP contribution in [0, 0.1) is 0 Å². The number of anilines is 1. The zero-order valence-electron chi connectivity index (χ0n) is 16.0. The Morgan fingerprint density at radius 2 is 1.86 bits per heavy atom. The van der Waals surface area contributed by atoms with Gasteiger partial charge in [0.1, 0.15) is 0 Å². The van der Waals surface area contributed by atoms with Gasteiger partial charge in [0.25, 0.3) is 0 Å². The molecule has 2 heterocycles. The van der Waals surface area contributed by atoms with Gasteiger partial charge >= 0.3 is 0 Å². The van der Waals surface area contributed by atoms with Gasteiger partial charge in [-0.25, -0.2) is 0 Å². The molecular formula is C23H24N2O3. The molecule has 2 aromatic carbocycles. The van der Waals surface area contributed by atoms with E-state index in [1.807, 2.05) is 55.5 Å². The Balaban J connectivity index is 1.69. The first-order valence-electron chi connectivity index (χ1n) is 9.73. The maximum atomic E-state index is 13.4. The molecule has 5 nitrogen and oxygen atoms in total. The Bertz CT molecular complexity index is 1050. The van der Waals surface area contributed by atoms with Gasteiger partial charge in [0.2, 0.25) is 11.5 Å². The van der Waals surface area contributed by atoms with Gasteiger partial charge in [-0.05, 0) is 42.5 Å². The number of aromatic amines is 1. The fourth-order valence-electron chi connectivity index (χ4n) is 4.08. The van der Waals surface area contributed by atoms with Crippen LogP contribution in [0.3, 0.4) is 0 Å². The Kier molecular flexibility index (Phi) is 5.01. The van der Waals surface area contributed by atoms with Gasteiger partial charge < -0.3 is 15.0 Å². The normalized spacial score (nSPS) is 16.0. The van der Waals surface area contributed by atoms with Crippen LogP contribution in [0.1, 0.15) is 30.9 Å². The number of amides is 1. The number of benzene rings is 2. The number of aromatic nitrogens is 1. The predicted octanol–water partition coefficient (Wildman–Crippen LogP) is 3.78. The number of nitrogens with one attached hydrogen (secondary N) is 2. The molecular weight excluding hydrogens is 352 g/mol. The van der Waals surface area contributed by atoms with Gasteiger partial charge in [0.15, 0.2) is 0 Å². The van der Waals surface area contributed by atoms with Crippen LogP contribution < -0.4 is 10.9 Å². The number of rotatable bonds is 4. The van der Waals surface area contributed by atoms with E-state index in [1.54, 1.807) is 6.07 Å². The highest BCUT2D eigenvalue weighted by Crippen LogP contribution is 2.36. The van der Waals surface area contributed by atoms with E-state index < -0.39 is 5.41 Å². The Labute approximate surface area is 163 Å². The molecule has 1 aromatic heterocycles. The molecule has 28 heavy (non-hydrogen) atoms. The van der Waals surface area contributed by atoms with Crippen molar-refractivity contribution in [3.63, 3.8) is 0 Å². The molecule has 1 amide bonds. The molecule has 1 aliphatic rings. The van der Waals surface area contributed by atoms with Crippen LogP contribution >= 0.6 is 0 Å². The number of aryl methyl sites for hydroxylation is 1. The zero-order chi connectivity index (χ0) is 19.6. The smallest absolute Gasteiger partial charge is 0.248 e. The summed E-state index contributed by atoms with van der Waals surface area (Å²) in [6, 6.07) is 17.2. The molecule has 0 radical (unpaired) electrons. The topological polar surface area (TPSA) is 71.2 Å². The van der Waals surface area contributed by atoms with Crippen LogP contribution in [-0.4, -0.2) is 24.1 Å². The van der Waals surface area contributed by atoms with Gasteiger partial charge in [0, 0.05) is 30.4 Å². The number of hydrogen-bond donors (Lipinski definition) is 2. The monoisotopic (exact) mass is 376 g/mol. The Hall–Kier alpha value is -2.92. The number of pyridine rings is 1. The summed E-state index contributed by atoms with van der Waals surface area (Å²) in [5, 5.41) is 4.09. The lowest BCUT2D eigenvalue weighted by Crippen LogP contribution is -2.44. The molecule has 144 valence electrons. The molecule has 1 aliphatic heterocycles. The molecule has 0 bridgehead atoms. The molecule has 0 atom stereocenters. The van der Waals surface area contributed by atoms with Crippen LogP contribution in [0.25, 0.3) is 10.9 Å². The average molecular weight is 376 g/mol. The van der Waals surface area contributed by atoms with Gasteiger partial charge in [-0.1, -0.05) is 43.3 Å². The van der Waals surface area contributed by atoms with E-state index >= 15 is 0 Å². The van der Waals surface area contributed by atoms with E-state index in [2.05, 4.69) is 10.3 Å². The summed E-state index contributed by atoms with van der Waals surface area (Å²) in [5.74, 6) is -0.0321. The number of fused-ring (bicyclic) bond motifs is 1. The lowest BCUT2D eigenvalue weighted by Gasteiger charge is -2.36. The minimum atomic E-state index is -0.604. The highest BCUT2D eigenvalue weighted by atomic mass is 16.5. The fraction of sp³-hybridized carbons (Fsp3) is 0.304. The molecule has 4 rings (SSSR count). The van der Waals surface area contributed by atoms with Crippen molar-refractivity contribution in [3.05, 3.63) is 76.1 Å². The summed E-state index contributed by atoms with van der Waals surface area (Å²) in [4.78, 5) is 28.2. The van der Waals surface area contributed by atoms with Crippen LogP contribution in [-0.2, 0) is 21.4 Å². The molecule has 1 fully saturated rings. The number of hydrogen-bond acceptors (Lipinski definition) is 3. The first-order chi connectivity index (χ1) is 13.6. The minimum Gasteiger partial charge on any atom is -0.381 e. The third kappa shape index (κ3) is 3.34. The largest absolute Gasteiger partial charge is 0.381 e. The Morgan fingerprint density at radius 1 is 1.11 bits per heavy atom. The standard InChI is InChI=1S/C23H24N2O3/c1-2-16-14-21(26)25-20-15-18(8-9-19(16)20)24-22(27)23(10-12-28-13-11-23)17-6-4-3-5-7-17/h3-9,14-15H,2,10-13H2,1H3,(H,24,27)(H,25,26). The molecule has 1 saturated heterocycles. The SMILES string of the molecule is CCc1cc(=O)[nH]c2cc(NC(=O)C3(c4ccccc4)CCOCC3)ccc12. The zero-order valence-corrected chi connectivity index (χ0v) is 16.0. The van der Waals surface area contributed by atoms with E-state index in [4.69, 9.17) is 4.74 Å². The second kappa shape index (κ2) is 7.60. The van der Waals surface area contributed by atoms with E-state index in [1.165, 1.54) is 0 Å². The van der Waals surface area contributed by atoms with E-state index in [0.717, 1.165) is 28.5 Å². The van der Waals surface area contributed by atoms with Gasteiger partial charge in [-0.15, -0.1) is 0 Å². The summed E-state index contributed by atoms with van der Waals surface area (Å²) in [5.41, 5.74) is 2.71. The molecule has 2 N–H and O–H groups in total. The summed E-state index contributed by atoms with van der Waals surface area (Å²) in [6.45, 7) is 3.15. The summed E-state index contributed by atoms with van der Waals surface area (Å²) >= 11 is 0. The maximum Gasteiger partial charge on any atom is 0.248 e.